The molecule has 0 rings (SSSR count). The highest BCUT2D eigenvalue weighted by Gasteiger charge is 2.19. The van der Waals surface area contributed by atoms with Crippen molar-refractivity contribution in [1.82, 2.24) is 0 Å². The number of carbonyl (C=O) groups is 3. The Morgan fingerprint density at radius 2 is 0.516 bits per heavy atom. The third kappa shape index (κ3) is 51.4. The Morgan fingerprint density at radius 3 is 0.766 bits per heavy atom. The second kappa shape index (κ2) is 50.8. The van der Waals surface area contributed by atoms with Crippen LogP contribution in [-0.2, 0) is 28.6 Å². The van der Waals surface area contributed by atoms with Gasteiger partial charge in [0.15, 0.2) is 6.10 Å². The minimum absolute atomic E-state index is 0.0632. The molecule has 0 saturated heterocycles. The predicted molar refractivity (Wildman–Crippen MR) is 275 cm³/mol. The van der Waals surface area contributed by atoms with Crippen LogP contribution in [0.15, 0.2) is 0 Å². The third-order valence-corrected chi connectivity index (χ3v) is 13.2. The van der Waals surface area contributed by atoms with Crippen LogP contribution in [0.5, 0.6) is 0 Å². The Hall–Kier alpha value is -1.59. The molecular weight excluding hydrogens is 793 g/mol. The monoisotopic (exact) mass is 905 g/mol. The summed E-state index contributed by atoms with van der Waals surface area (Å²) in [5, 5.41) is 0. The summed E-state index contributed by atoms with van der Waals surface area (Å²) in [5.74, 6) is 0.799. The lowest BCUT2D eigenvalue weighted by Gasteiger charge is -2.18. The SMILES string of the molecule is CCCCCCCCCCCCCCCCCCCCC(=O)O[C@H](COC(=O)CCCCCCCCCCCCCCCCC(C)C)COC(=O)CCCCCCCCCCC(C)C. The van der Waals surface area contributed by atoms with Gasteiger partial charge in [-0.3, -0.25) is 14.4 Å². The van der Waals surface area contributed by atoms with Crippen LogP contribution in [0.1, 0.15) is 324 Å². The molecule has 0 aliphatic heterocycles. The van der Waals surface area contributed by atoms with E-state index < -0.39 is 6.10 Å². The molecule has 0 N–H and O–H groups in total. The molecule has 0 fully saturated rings. The van der Waals surface area contributed by atoms with Crippen molar-refractivity contribution in [3.05, 3.63) is 0 Å². The van der Waals surface area contributed by atoms with Crippen molar-refractivity contribution in [3.63, 3.8) is 0 Å². The second-order valence-corrected chi connectivity index (χ2v) is 20.9. The van der Waals surface area contributed by atoms with E-state index in [1.54, 1.807) is 0 Å². The number of carbonyl (C=O) groups excluding carboxylic acids is 3. The highest BCUT2D eigenvalue weighted by atomic mass is 16.6. The number of ether oxygens (including phenoxy) is 3. The lowest BCUT2D eigenvalue weighted by atomic mass is 10.0. The van der Waals surface area contributed by atoms with E-state index >= 15 is 0 Å². The molecule has 6 nitrogen and oxygen atoms in total. The molecule has 64 heavy (non-hydrogen) atoms. The maximum atomic E-state index is 12.8. The van der Waals surface area contributed by atoms with E-state index in [9.17, 15) is 14.4 Å². The van der Waals surface area contributed by atoms with Crippen molar-refractivity contribution in [3.8, 4) is 0 Å². The zero-order chi connectivity index (χ0) is 46.8. The first kappa shape index (κ1) is 62.4. The largest absolute Gasteiger partial charge is 0.462 e. The zero-order valence-electron chi connectivity index (χ0n) is 43.9. The molecule has 0 unspecified atom stereocenters. The summed E-state index contributed by atoms with van der Waals surface area (Å²) < 4.78 is 16.9. The number of hydrogen-bond acceptors (Lipinski definition) is 6. The maximum Gasteiger partial charge on any atom is 0.306 e. The minimum atomic E-state index is -0.763. The van der Waals surface area contributed by atoms with Gasteiger partial charge in [0, 0.05) is 19.3 Å². The molecule has 0 aromatic heterocycles. The minimum Gasteiger partial charge on any atom is -0.462 e. The van der Waals surface area contributed by atoms with Crippen LogP contribution in [0.4, 0.5) is 0 Å². The lowest BCUT2D eigenvalue weighted by molar-refractivity contribution is -0.167. The van der Waals surface area contributed by atoms with Gasteiger partial charge in [-0.15, -0.1) is 0 Å². The van der Waals surface area contributed by atoms with Gasteiger partial charge in [-0.25, -0.2) is 0 Å². The number of rotatable bonds is 52. The van der Waals surface area contributed by atoms with E-state index in [4.69, 9.17) is 14.2 Å². The van der Waals surface area contributed by atoms with Crippen molar-refractivity contribution < 1.29 is 28.6 Å². The summed E-state index contributed by atoms with van der Waals surface area (Å²) in [6, 6.07) is 0. The smallest absolute Gasteiger partial charge is 0.306 e. The molecule has 0 aliphatic carbocycles. The first-order valence-corrected chi connectivity index (χ1v) is 28.7. The highest BCUT2D eigenvalue weighted by molar-refractivity contribution is 5.71. The maximum absolute atomic E-state index is 12.8. The van der Waals surface area contributed by atoms with Crippen LogP contribution < -0.4 is 0 Å². The van der Waals surface area contributed by atoms with Gasteiger partial charge in [-0.05, 0) is 31.1 Å². The fourth-order valence-electron chi connectivity index (χ4n) is 8.87. The molecular formula is C58H112O6. The van der Waals surface area contributed by atoms with Gasteiger partial charge < -0.3 is 14.2 Å². The first-order valence-electron chi connectivity index (χ1n) is 28.7. The number of unbranched alkanes of at least 4 members (excludes halogenated alkanes) is 37. The Labute approximate surface area is 399 Å². The zero-order valence-corrected chi connectivity index (χ0v) is 43.9. The molecule has 0 saturated carbocycles. The van der Waals surface area contributed by atoms with E-state index in [-0.39, 0.29) is 31.1 Å². The summed E-state index contributed by atoms with van der Waals surface area (Å²) in [5.41, 5.74) is 0. The fraction of sp³-hybridized carbons (Fsp3) is 0.948. The van der Waals surface area contributed by atoms with Crippen molar-refractivity contribution in [2.75, 3.05) is 13.2 Å². The van der Waals surface area contributed by atoms with Crippen LogP contribution in [-0.4, -0.2) is 37.2 Å². The summed E-state index contributed by atoms with van der Waals surface area (Å²) in [6.45, 7) is 11.4. The quantitative estimate of drug-likeness (QED) is 0.0344. The van der Waals surface area contributed by atoms with Crippen LogP contribution >= 0.6 is 0 Å². The molecule has 380 valence electrons. The van der Waals surface area contributed by atoms with Crippen LogP contribution in [0.3, 0.4) is 0 Å². The van der Waals surface area contributed by atoms with Crippen LogP contribution in [0, 0.1) is 11.8 Å². The van der Waals surface area contributed by atoms with E-state index in [2.05, 4.69) is 34.6 Å². The standard InChI is InChI=1S/C58H112O6/c1-6-7-8-9-10-11-12-13-14-15-16-17-22-25-28-35-40-45-50-58(61)64-55(52-63-57(60)49-44-39-34-30-29-32-37-42-47-54(4)5)51-62-56(59)48-43-38-33-27-24-21-19-18-20-23-26-31-36-41-46-53(2)3/h53-55H,6-52H2,1-5H3/t55-/m1/s1. The Balaban J connectivity index is 4.26. The molecule has 0 aromatic rings. The number of hydrogen-bond donors (Lipinski definition) is 0. The average molecular weight is 906 g/mol. The van der Waals surface area contributed by atoms with E-state index in [0.717, 1.165) is 69.6 Å². The van der Waals surface area contributed by atoms with Gasteiger partial charge in [-0.1, -0.05) is 285 Å². The number of esters is 3. The van der Waals surface area contributed by atoms with Gasteiger partial charge >= 0.3 is 17.9 Å². The molecule has 0 spiro atoms. The molecule has 0 aliphatic rings. The third-order valence-electron chi connectivity index (χ3n) is 13.2. The van der Waals surface area contributed by atoms with E-state index in [1.165, 1.54) is 212 Å². The topological polar surface area (TPSA) is 78.9 Å². The molecule has 0 bridgehead atoms. The van der Waals surface area contributed by atoms with Gasteiger partial charge in [0.2, 0.25) is 0 Å². The van der Waals surface area contributed by atoms with Crippen LogP contribution in [0.2, 0.25) is 0 Å². The Morgan fingerprint density at radius 1 is 0.297 bits per heavy atom. The molecule has 0 radical (unpaired) electrons. The van der Waals surface area contributed by atoms with Crippen molar-refractivity contribution in [2.45, 2.75) is 330 Å². The van der Waals surface area contributed by atoms with Crippen molar-refractivity contribution >= 4 is 17.9 Å². The van der Waals surface area contributed by atoms with Crippen molar-refractivity contribution in [1.29, 1.82) is 0 Å². The highest BCUT2D eigenvalue weighted by Crippen LogP contribution is 2.18. The second-order valence-electron chi connectivity index (χ2n) is 20.9. The van der Waals surface area contributed by atoms with Gasteiger partial charge in [0.25, 0.3) is 0 Å². The van der Waals surface area contributed by atoms with Gasteiger partial charge in [0.1, 0.15) is 13.2 Å². The molecule has 0 aromatic carbocycles. The van der Waals surface area contributed by atoms with E-state index in [0.29, 0.717) is 19.3 Å². The predicted octanol–water partition coefficient (Wildman–Crippen LogP) is 18.9. The lowest BCUT2D eigenvalue weighted by Crippen LogP contribution is -2.30. The van der Waals surface area contributed by atoms with E-state index in [1.807, 2.05) is 0 Å². The molecule has 1 atom stereocenters. The normalized spacial score (nSPS) is 12.0. The summed E-state index contributed by atoms with van der Waals surface area (Å²) in [7, 11) is 0. The first-order chi connectivity index (χ1) is 31.2. The van der Waals surface area contributed by atoms with Gasteiger partial charge in [0.05, 0.1) is 0 Å². The van der Waals surface area contributed by atoms with Crippen molar-refractivity contribution in [2.24, 2.45) is 11.8 Å². The molecule has 0 amide bonds. The van der Waals surface area contributed by atoms with Gasteiger partial charge in [-0.2, -0.15) is 0 Å². The van der Waals surface area contributed by atoms with Crippen LogP contribution in [0.25, 0.3) is 0 Å². The summed E-state index contributed by atoms with van der Waals surface area (Å²) in [6.07, 6.45) is 53.9. The summed E-state index contributed by atoms with van der Waals surface area (Å²) >= 11 is 0. The Kier molecular flexibility index (Phi) is 49.6. The average Bonchev–Trinajstić information content (AvgIpc) is 3.27. The summed E-state index contributed by atoms with van der Waals surface area (Å²) in [4.78, 5) is 38.1. The fourth-order valence-corrected chi connectivity index (χ4v) is 8.87. The molecule has 0 heterocycles. The molecule has 6 heteroatoms. The Bertz CT molecular complexity index is 978.